The summed E-state index contributed by atoms with van der Waals surface area (Å²) in [6.45, 7) is 4.87. The summed E-state index contributed by atoms with van der Waals surface area (Å²) in [7, 11) is 0. The molecule has 1 aliphatic rings. The number of aromatic nitrogens is 3. The van der Waals surface area contributed by atoms with Crippen molar-refractivity contribution in [2.45, 2.75) is 39.0 Å². The first-order valence-electron chi connectivity index (χ1n) is 10.9. The van der Waals surface area contributed by atoms with Crippen LogP contribution in [0.3, 0.4) is 0 Å². The molecule has 1 unspecified atom stereocenters. The number of imidazole rings is 1. The molecule has 8 nitrogen and oxygen atoms in total. The molecule has 1 aliphatic heterocycles. The Kier molecular flexibility index (Phi) is 6.53. The van der Waals surface area contributed by atoms with Crippen molar-refractivity contribution in [1.82, 2.24) is 19.4 Å². The SMILES string of the molecule is CC(C)Oc1ccc(/C(O)=C2\C(=O)C(=O)N(CCCn3ccnc3)C2c2ccncc2)cc1. The second kappa shape index (κ2) is 9.68. The molecule has 1 amide bonds. The molecule has 170 valence electrons. The van der Waals surface area contributed by atoms with Crippen LogP contribution in [0.15, 0.2) is 73.1 Å². The summed E-state index contributed by atoms with van der Waals surface area (Å²) in [5, 5.41) is 11.1. The van der Waals surface area contributed by atoms with Gasteiger partial charge in [0.2, 0.25) is 0 Å². The van der Waals surface area contributed by atoms with Crippen LogP contribution >= 0.6 is 0 Å². The predicted molar refractivity (Wildman–Crippen MR) is 122 cm³/mol. The third-order valence-corrected chi connectivity index (χ3v) is 5.44. The number of benzene rings is 1. The van der Waals surface area contributed by atoms with Gasteiger partial charge in [0.1, 0.15) is 11.5 Å². The van der Waals surface area contributed by atoms with Crippen LogP contribution in [0.1, 0.15) is 37.4 Å². The maximum Gasteiger partial charge on any atom is 0.295 e. The van der Waals surface area contributed by atoms with Gasteiger partial charge in [-0.05, 0) is 62.2 Å². The van der Waals surface area contributed by atoms with Crippen molar-refractivity contribution in [1.29, 1.82) is 0 Å². The van der Waals surface area contributed by atoms with Crippen molar-refractivity contribution in [2.24, 2.45) is 0 Å². The molecular weight excluding hydrogens is 420 g/mol. The van der Waals surface area contributed by atoms with Gasteiger partial charge in [0.25, 0.3) is 11.7 Å². The van der Waals surface area contributed by atoms with Crippen molar-refractivity contribution in [3.05, 3.63) is 84.2 Å². The molecule has 3 aromatic rings. The van der Waals surface area contributed by atoms with E-state index in [4.69, 9.17) is 4.74 Å². The molecule has 3 heterocycles. The first-order valence-corrected chi connectivity index (χ1v) is 10.9. The van der Waals surface area contributed by atoms with Crippen LogP contribution in [0.5, 0.6) is 5.75 Å². The smallest absolute Gasteiger partial charge is 0.295 e. The van der Waals surface area contributed by atoms with Crippen LogP contribution in [0.25, 0.3) is 5.76 Å². The van der Waals surface area contributed by atoms with Crippen molar-refractivity contribution in [3.8, 4) is 5.75 Å². The van der Waals surface area contributed by atoms with E-state index in [1.165, 1.54) is 4.90 Å². The van der Waals surface area contributed by atoms with E-state index in [2.05, 4.69) is 9.97 Å². The molecule has 2 aromatic heterocycles. The first kappa shape index (κ1) is 22.3. The number of ether oxygens (including phenoxy) is 1. The van der Waals surface area contributed by atoms with Crippen LogP contribution in [-0.4, -0.2) is 48.9 Å². The van der Waals surface area contributed by atoms with E-state index in [0.29, 0.717) is 36.4 Å². The van der Waals surface area contributed by atoms with Gasteiger partial charge in [-0.1, -0.05) is 0 Å². The van der Waals surface area contributed by atoms with Crippen molar-refractivity contribution in [2.75, 3.05) is 6.54 Å². The van der Waals surface area contributed by atoms with Gasteiger partial charge < -0.3 is 19.3 Å². The normalized spacial score (nSPS) is 17.7. The molecule has 0 bridgehead atoms. The van der Waals surface area contributed by atoms with Crippen LogP contribution < -0.4 is 4.74 Å². The van der Waals surface area contributed by atoms with E-state index < -0.39 is 17.7 Å². The zero-order valence-electron chi connectivity index (χ0n) is 18.6. The second-order valence-corrected chi connectivity index (χ2v) is 8.12. The lowest BCUT2D eigenvalue weighted by Gasteiger charge is -2.25. The third kappa shape index (κ3) is 4.79. The van der Waals surface area contributed by atoms with Gasteiger partial charge in [0.15, 0.2) is 0 Å². The number of carbonyl (C=O) groups excluding carboxylic acids is 2. The van der Waals surface area contributed by atoms with E-state index >= 15 is 0 Å². The Bertz CT molecular complexity index is 1140. The highest BCUT2D eigenvalue weighted by atomic mass is 16.5. The number of nitrogens with zero attached hydrogens (tertiary/aromatic N) is 4. The summed E-state index contributed by atoms with van der Waals surface area (Å²) >= 11 is 0. The largest absolute Gasteiger partial charge is 0.507 e. The number of aryl methyl sites for hydroxylation is 1. The molecule has 0 saturated carbocycles. The molecule has 1 aromatic carbocycles. The third-order valence-electron chi connectivity index (χ3n) is 5.44. The topological polar surface area (TPSA) is 97.6 Å². The zero-order chi connectivity index (χ0) is 23.4. The van der Waals surface area contributed by atoms with Gasteiger partial charge in [-0.3, -0.25) is 14.6 Å². The van der Waals surface area contributed by atoms with E-state index in [1.54, 1.807) is 61.3 Å². The maximum atomic E-state index is 13.1. The average molecular weight is 447 g/mol. The number of likely N-dealkylation sites (tertiary alicyclic amines) is 1. The van der Waals surface area contributed by atoms with Gasteiger partial charge in [0.05, 0.1) is 24.0 Å². The molecule has 0 aliphatic carbocycles. The Morgan fingerprint density at radius 3 is 2.39 bits per heavy atom. The minimum atomic E-state index is -0.695. The summed E-state index contributed by atoms with van der Waals surface area (Å²) in [6.07, 6.45) is 9.12. The Morgan fingerprint density at radius 1 is 1.03 bits per heavy atom. The highest BCUT2D eigenvalue weighted by Gasteiger charge is 2.45. The monoisotopic (exact) mass is 446 g/mol. The lowest BCUT2D eigenvalue weighted by molar-refractivity contribution is -0.139. The van der Waals surface area contributed by atoms with Gasteiger partial charge in [0, 0.05) is 43.4 Å². The summed E-state index contributed by atoms with van der Waals surface area (Å²) < 4.78 is 7.57. The van der Waals surface area contributed by atoms with Crippen molar-refractivity contribution < 1.29 is 19.4 Å². The average Bonchev–Trinajstić information content (AvgIpc) is 3.41. The van der Waals surface area contributed by atoms with Crippen LogP contribution in [0, 0.1) is 0 Å². The number of hydrogen-bond donors (Lipinski definition) is 1. The molecule has 4 rings (SSSR count). The number of carbonyl (C=O) groups is 2. The van der Waals surface area contributed by atoms with Crippen LogP contribution in [0.2, 0.25) is 0 Å². The van der Waals surface area contributed by atoms with Gasteiger partial charge in [-0.15, -0.1) is 0 Å². The minimum Gasteiger partial charge on any atom is -0.507 e. The Hall–Kier alpha value is -3.94. The summed E-state index contributed by atoms with van der Waals surface area (Å²) in [4.78, 5) is 35.6. The Labute approximate surface area is 192 Å². The fourth-order valence-corrected chi connectivity index (χ4v) is 3.96. The standard InChI is InChI=1S/C25H26N4O4/c1-17(2)33-20-6-4-19(5-7-20)23(30)21-22(18-8-10-26-11-9-18)29(25(32)24(21)31)14-3-13-28-15-12-27-16-28/h4-12,15-17,22,30H,3,13-14H2,1-2H3/b23-21+. The molecule has 33 heavy (non-hydrogen) atoms. The number of amides is 1. The maximum absolute atomic E-state index is 13.1. The fourth-order valence-electron chi connectivity index (χ4n) is 3.96. The minimum absolute atomic E-state index is 0.0174. The second-order valence-electron chi connectivity index (χ2n) is 8.12. The van der Waals surface area contributed by atoms with Gasteiger partial charge in [-0.2, -0.15) is 0 Å². The Morgan fingerprint density at radius 2 is 1.76 bits per heavy atom. The number of aliphatic hydroxyl groups excluding tert-OH is 1. The number of pyridine rings is 1. The predicted octanol–water partition coefficient (Wildman–Crippen LogP) is 3.58. The summed E-state index contributed by atoms with van der Waals surface area (Å²) in [5.41, 5.74) is 1.24. The highest BCUT2D eigenvalue weighted by Crippen LogP contribution is 2.39. The quantitative estimate of drug-likeness (QED) is 0.323. The first-order chi connectivity index (χ1) is 16.0. The van der Waals surface area contributed by atoms with E-state index in [1.807, 2.05) is 24.6 Å². The van der Waals surface area contributed by atoms with Crippen LogP contribution in [-0.2, 0) is 16.1 Å². The highest BCUT2D eigenvalue weighted by molar-refractivity contribution is 6.46. The molecule has 1 saturated heterocycles. The molecule has 8 heteroatoms. The molecule has 0 spiro atoms. The Balaban J connectivity index is 1.67. The summed E-state index contributed by atoms with van der Waals surface area (Å²) in [6, 6.07) is 9.66. The van der Waals surface area contributed by atoms with Crippen molar-refractivity contribution >= 4 is 17.4 Å². The van der Waals surface area contributed by atoms with E-state index in [0.717, 1.165) is 0 Å². The number of ketones is 1. The number of Topliss-reactive ketones (excluding diaryl/α,β-unsaturated/α-hetero) is 1. The zero-order valence-corrected chi connectivity index (χ0v) is 18.6. The molecule has 1 fully saturated rings. The van der Waals surface area contributed by atoms with Gasteiger partial charge >= 0.3 is 0 Å². The summed E-state index contributed by atoms with van der Waals surface area (Å²) in [5.74, 6) is -0.862. The van der Waals surface area contributed by atoms with E-state index in [-0.39, 0.29) is 17.4 Å². The van der Waals surface area contributed by atoms with E-state index in [9.17, 15) is 14.7 Å². The number of aliphatic hydroxyl groups is 1. The lowest BCUT2D eigenvalue weighted by atomic mass is 9.96. The molecular formula is C25H26N4O4. The molecule has 1 N–H and O–H groups in total. The number of hydrogen-bond acceptors (Lipinski definition) is 6. The molecule has 1 atom stereocenters. The fraction of sp³-hybridized carbons (Fsp3) is 0.280. The lowest BCUT2D eigenvalue weighted by Crippen LogP contribution is -2.31. The van der Waals surface area contributed by atoms with Crippen molar-refractivity contribution in [3.63, 3.8) is 0 Å². The van der Waals surface area contributed by atoms with Gasteiger partial charge in [-0.25, -0.2) is 4.98 Å². The molecule has 0 radical (unpaired) electrons. The van der Waals surface area contributed by atoms with Crippen LogP contribution in [0.4, 0.5) is 0 Å². The number of rotatable bonds is 8.